The lowest BCUT2D eigenvalue weighted by Crippen LogP contribution is -2.50. The lowest BCUT2D eigenvalue weighted by Gasteiger charge is -2.23. The monoisotopic (exact) mass is 284 g/mol. The molecule has 1 aromatic heterocycles. The number of carbonyl (C=O) groups is 2. The zero-order valence-electron chi connectivity index (χ0n) is 9.68. The standard InChI is InChI=1S/C10H12N4O4S/c11-10(9(17)18)1-3(19-4-2-12-14-13-4)5-6(7(5)10)8(15)16/h2-3,5-7H,1,11H2,(H,15,16)(H,17,18)(H,12,13,14)/t3-,5?,6-,7?,10-/m0/s1. The average Bonchev–Trinajstić information content (AvgIpc) is 2.77. The number of nitrogens with two attached hydrogens (primary N) is 1. The number of nitrogens with one attached hydrogen (secondary N) is 1. The van der Waals surface area contributed by atoms with Crippen LogP contribution in [0.15, 0.2) is 11.2 Å². The number of aliphatic carboxylic acids is 2. The van der Waals surface area contributed by atoms with E-state index in [-0.39, 0.29) is 17.6 Å². The normalized spacial score (nSPS) is 39.8. The van der Waals surface area contributed by atoms with E-state index in [2.05, 4.69) is 15.4 Å². The van der Waals surface area contributed by atoms with Crippen LogP contribution in [-0.4, -0.2) is 48.4 Å². The molecule has 2 fully saturated rings. The number of fused-ring (bicyclic) bond motifs is 1. The molecule has 0 amide bonds. The van der Waals surface area contributed by atoms with Gasteiger partial charge in [0.25, 0.3) is 0 Å². The maximum absolute atomic E-state index is 11.3. The van der Waals surface area contributed by atoms with Crippen molar-refractivity contribution in [1.82, 2.24) is 15.4 Å². The van der Waals surface area contributed by atoms with Crippen LogP contribution in [0.4, 0.5) is 0 Å². The van der Waals surface area contributed by atoms with Gasteiger partial charge in [-0.15, -0.1) is 5.10 Å². The fourth-order valence-corrected chi connectivity index (χ4v) is 4.51. The zero-order valence-corrected chi connectivity index (χ0v) is 10.5. The van der Waals surface area contributed by atoms with Crippen molar-refractivity contribution >= 4 is 23.7 Å². The number of rotatable bonds is 4. The van der Waals surface area contributed by atoms with Crippen LogP contribution in [0, 0.1) is 17.8 Å². The van der Waals surface area contributed by atoms with E-state index in [1.807, 2.05) is 0 Å². The second kappa shape index (κ2) is 3.94. The van der Waals surface area contributed by atoms with Gasteiger partial charge in [-0.3, -0.25) is 9.59 Å². The van der Waals surface area contributed by atoms with Crippen molar-refractivity contribution in [2.24, 2.45) is 23.5 Å². The third-order valence-electron chi connectivity index (χ3n) is 3.99. The van der Waals surface area contributed by atoms with Crippen molar-refractivity contribution in [1.29, 1.82) is 0 Å². The summed E-state index contributed by atoms with van der Waals surface area (Å²) in [6, 6.07) is 0. The van der Waals surface area contributed by atoms with E-state index in [1.165, 1.54) is 18.0 Å². The van der Waals surface area contributed by atoms with Crippen molar-refractivity contribution in [2.45, 2.75) is 22.2 Å². The van der Waals surface area contributed by atoms with Gasteiger partial charge in [0.15, 0.2) is 0 Å². The molecule has 9 heteroatoms. The average molecular weight is 284 g/mol. The van der Waals surface area contributed by atoms with Gasteiger partial charge in [-0.2, -0.15) is 10.3 Å². The highest BCUT2D eigenvalue weighted by molar-refractivity contribution is 7.99. The lowest BCUT2D eigenvalue weighted by molar-refractivity contribution is -0.145. The first-order valence-corrected chi connectivity index (χ1v) is 6.60. The summed E-state index contributed by atoms with van der Waals surface area (Å²) < 4.78 is 0. The largest absolute Gasteiger partial charge is 0.481 e. The van der Waals surface area contributed by atoms with Crippen molar-refractivity contribution in [3.8, 4) is 0 Å². The zero-order chi connectivity index (χ0) is 13.8. The molecule has 2 unspecified atom stereocenters. The summed E-state index contributed by atoms with van der Waals surface area (Å²) in [6.45, 7) is 0. The number of carboxylic acids is 2. The maximum atomic E-state index is 11.3. The Balaban J connectivity index is 1.84. The summed E-state index contributed by atoms with van der Waals surface area (Å²) >= 11 is 1.34. The van der Waals surface area contributed by atoms with Crippen LogP contribution in [-0.2, 0) is 9.59 Å². The first-order chi connectivity index (χ1) is 8.95. The van der Waals surface area contributed by atoms with Crippen molar-refractivity contribution in [3.05, 3.63) is 6.20 Å². The number of thioether (sulfide) groups is 1. The van der Waals surface area contributed by atoms with Gasteiger partial charge >= 0.3 is 11.9 Å². The van der Waals surface area contributed by atoms with E-state index in [0.29, 0.717) is 5.03 Å². The third-order valence-corrected chi connectivity index (χ3v) is 5.21. The molecule has 3 rings (SSSR count). The summed E-state index contributed by atoms with van der Waals surface area (Å²) in [7, 11) is 0. The smallest absolute Gasteiger partial charge is 0.324 e. The van der Waals surface area contributed by atoms with Gasteiger partial charge in [-0.05, 0) is 12.3 Å². The maximum Gasteiger partial charge on any atom is 0.324 e. The molecule has 0 aliphatic heterocycles. The van der Waals surface area contributed by atoms with E-state index < -0.39 is 29.3 Å². The molecule has 2 saturated carbocycles. The van der Waals surface area contributed by atoms with Crippen LogP contribution in [0.3, 0.4) is 0 Å². The molecule has 5 atom stereocenters. The Morgan fingerprint density at radius 3 is 2.79 bits per heavy atom. The summed E-state index contributed by atoms with van der Waals surface area (Å²) in [5, 5.41) is 28.9. The Kier molecular flexibility index (Phi) is 2.58. The van der Waals surface area contributed by atoms with Crippen LogP contribution in [0.2, 0.25) is 0 Å². The van der Waals surface area contributed by atoms with Crippen molar-refractivity contribution in [2.75, 3.05) is 0 Å². The summed E-state index contributed by atoms with van der Waals surface area (Å²) in [5.41, 5.74) is 4.47. The molecule has 2 aliphatic rings. The SMILES string of the molecule is N[C@@]1(C(=O)O)C[C@H](Sc2cn[nH]n2)C2C1[C@H]2C(=O)O. The van der Waals surface area contributed by atoms with E-state index in [1.54, 1.807) is 0 Å². The molecule has 8 nitrogen and oxygen atoms in total. The molecule has 0 aromatic carbocycles. The molecule has 0 saturated heterocycles. The minimum absolute atomic E-state index is 0.155. The molecule has 1 aromatic rings. The van der Waals surface area contributed by atoms with E-state index in [4.69, 9.17) is 10.8 Å². The molecule has 0 spiro atoms. The molecule has 5 N–H and O–H groups in total. The lowest BCUT2D eigenvalue weighted by atomic mass is 9.91. The van der Waals surface area contributed by atoms with Crippen LogP contribution >= 0.6 is 11.8 Å². The summed E-state index contributed by atoms with van der Waals surface area (Å²) in [4.78, 5) is 22.5. The predicted octanol–water partition coefficient (Wildman–Crippen LogP) is -0.602. The highest BCUT2D eigenvalue weighted by Crippen LogP contribution is 2.65. The highest BCUT2D eigenvalue weighted by Gasteiger charge is 2.74. The van der Waals surface area contributed by atoms with Gasteiger partial charge in [-0.1, -0.05) is 11.8 Å². The van der Waals surface area contributed by atoms with E-state index >= 15 is 0 Å². The number of hydrogen-bond donors (Lipinski definition) is 4. The van der Waals surface area contributed by atoms with Crippen LogP contribution in [0.5, 0.6) is 0 Å². The Bertz CT molecular complexity index is 536. The highest BCUT2D eigenvalue weighted by atomic mass is 32.2. The third kappa shape index (κ3) is 1.72. The molecular weight excluding hydrogens is 272 g/mol. The number of carboxylic acid groups (broad SMARTS) is 2. The van der Waals surface area contributed by atoms with Crippen LogP contribution in [0.25, 0.3) is 0 Å². The Labute approximate surface area is 111 Å². The fraction of sp³-hybridized carbons (Fsp3) is 0.600. The van der Waals surface area contributed by atoms with Gasteiger partial charge in [0.05, 0.1) is 12.1 Å². The topological polar surface area (TPSA) is 142 Å². The first-order valence-electron chi connectivity index (χ1n) is 5.72. The van der Waals surface area contributed by atoms with Gasteiger partial charge < -0.3 is 15.9 Å². The van der Waals surface area contributed by atoms with Crippen molar-refractivity contribution in [3.63, 3.8) is 0 Å². The second-order valence-corrected chi connectivity index (χ2v) is 6.24. The van der Waals surface area contributed by atoms with Gasteiger partial charge in [-0.25, -0.2) is 0 Å². The Morgan fingerprint density at radius 2 is 2.26 bits per heavy atom. The van der Waals surface area contributed by atoms with Crippen molar-refractivity contribution < 1.29 is 19.8 Å². The van der Waals surface area contributed by atoms with E-state index in [9.17, 15) is 14.7 Å². The molecule has 1 heterocycles. The fourth-order valence-electron chi connectivity index (χ4n) is 3.14. The van der Waals surface area contributed by atoms with Gasteiger partial charge in [0.1, 0.15) is 10.6 Å². The number of aromatic amines is 1. The molecular formula is C10H12N4O4S. The summed E-state index contributed by atoms with van der Waals surface area (Å²) in [5.74, 6) is -3.47. The summed E-state index contributed by atoms with van der Waals surface area (Å²) in [6.07, 6.45) is 1.77. The minimum atomic E-state index is -1.45. The Morgan fingerprint density at radius 1 is 1.53 bits per heavy atom. The molecule has 2 aliphatic carbocycles. The van der Waals surface area contributed by atoms with E-state index in [0.717, 1.165) is 0 Å². The number of hydrogen-bond acceptors (Lipinski definition) is 6. The molecule has 19 heavy (non-hydrogen) atoms. The second-order valence-electron chi connectivity index (χ2n) is 4.98. The predicted molar refractivity (Wildman–Crippen MR) is 63.3 cm³/mol. The molecule has 0 radical (unpaired) electrons. The molecule has 102 valence electrons. The Hall–Kier alpha value is -1.61. The minimum Gasteiger partial charge on any atom is -0.481 e. The van der Waals surface area contributed by atoms with Crippen LogP contribution in [0.1, 0.15) is 6.42 Å². The van der Waals surface area contributed by atoms with Crippen LogP contribution < -0.4 is 5.73 Å². The quantitative estimate of drug-likeness (QED) is 0.574. The molecule has 0 bridgehead atoms. The number of nitrogens with zero attached hydrogens (tertiary/aromatic N) is 2. The number of H-pyrrole nitrogens is 1. The first kappa shape index (κ1) is 12.4. The van der Waals surface area contributed by atoms with Gasteiger partial charge in [0, 0.05) is 11.2 Å². The number of aromatic nitrogens is 3. The van der Waals surface area contributed by atoms with Gasteiger partial charge in [0.2, 0.25) is 0 Å².